The minimum Gasteiger partial charge on any atom is -0.480 e. The molecule has 0 aliphatic rings. The number of carboxylic acid groups (broad SMARTS) is 1. The molecule has 0 bridgehead atoms. The van der Waals surface area contributed by atoms with Crippen molar-refractivity contribution in [3.05, 3.63) is 35.4 Å². The molecule has 1 aromatic carbocycles. The number of carbonyl (C=O) groups is 2. The van der Waals surface area contributed by atoms with Gasteiger partial charge < -0.3 is 15.7 Å². The molecule has 98 valence electrons. The number of carboxylic acids is 1. The van der Waals surface area contributed by atoms with Gasteiger partial charge in [-0.2, -0.15) is 0 Å². The predicted molar refractivity (Wildman–Crippen MR) is 58.8 cm³/mol. The zero-order valence-electron chi connectivity index (χ0n) is 9.54. The van der Waals surface area contributed by atoms with E-state index in [-0.39, 0.29) is 6.54 Å². The highest BCUT2D eigenvalue weighted by atomic mass is 19.2. The van der Waals surface area contributed by atoms with E-state index < -0.39 is 29.7 Å². The minimum absolute atomic E-state index is 0.0324. The zero-order chi connectivity index (χ0) is 13.7. The number of nitrogens with one attached hydrogen (secondary N) is 2. The van der Waals surface area contributed by atoms with E-state index in [0.29, 0.717) is 5.56 Å². The lowest BCUT2D eigenvalue weighted by Gasteiger charge is -2.10. The molecular weight excluding hydrogens is 246 g/mol. The number of benzene rings is 1. The topological polar surface area (TPSA) is 78.4 Å². The summed E-state index contributed by atoms with van der Waals surface area (Å²) >= 11 is 0. The molecule has 0 spiro atoms. The molecule has 3 N–H and O–H groups in total. The van der Waals surface area contributed by atoms with Crippen LogP contribution in [0, 0.1) is 11.6 Å². The van der Waals surface area contributed by atoms with Gasteiger partial charge in [-0.05, 0) is 24.6 Å². The van der Waals surface area contributed by atoms with Crippen LogP contribution >= 0.6 is 0 Å². The van der Waals surface area contributed by atoms with Gasteiger partial charge in [0.1, 0.15) is 6.04 Å². The molecule has 18 heavy (non-hydrogen) atoms. The van der Waals surface area contributed by atoms with Crippen molar-refractivity contribution in [1.82, 2.24) is 10.6 Å². The summed E-state index contributed by atoms with van der Waals surface area (Å²) in [6.07, 6.45) is 0. The molecule has 1 aromatic rings. The average molecular weight is 258 g/mol. The Balaban J connectivity index is 2.47. The summed E-state index contributed by atoms with van der Waals surface area (Å²) < 4.78 is 25.5. The van der Waals surface area contributed by atoms with Gasteiger partial charge in [0.25, 0.3) is 0 Å². The maximum Gasteiger partial charge on any atom is 0.325 e. The SMILES string of the molecule is C[C@@H](NC(=O)NCc1ccc(F)c(F)c1)C(=O)O. The van der Waals surface area contributed by atoms with E-state index in [0.717, 1.165) is 12.1 Å². The number of hydrogen-bond donors (Lipinski definition) is 3. The third kappa shape index (κ3) is 4.00. The van der Waals surface area contributed by atoms with Crippen molar-refractivity contribution in [2.24, 2.45) is 0 Å². The molecule has 1 rings (SSSR count). The molecule has 5 nitrogen and oxygen atoms in total. The van der Waals surface area contributed by atoms with E-state index in [1.165, 1.54) is 13.0 Å². The van der Waals surface area contributed by atoms with Gasteiger partial charge in [0.2, 0.25) is 0 Å². The molecular formula is C11H12F2N2O3. The van der Waals surface area contributed by atoms with E-state index in [1.807, 2.05) is 0 Å². The fourth-order valence-corrected chi connectivity index (χ4v) is 1.14. The van der Waals surface area contributed by atoms with Crippen LogP contribution in [-0.4, -0.2) is 23.1 Å². The number of urea groups is 1. The quantitative estimate of drug-likeness (QED) is 0.760. The first-order chi connectivity index (χ1) is 8.40. The number of amides is 2. The summed E-state index contributed by atoms with van der Waals surface area (Å²) in [5.41, 5.74) is 0.368. The third-order valence-corrected chi connectivity index (χ3v) is 2.16. The van der Waals surface area contributed by atoms with Gasteiger partial charge in [0.05, 0.1) is 0 Å². The smallest absolute Gasteiger partial charge is 0.325 e. The van der Waals surface area contributed by atoms with Crippen LogP contribution in [0.25, 0.3) is 0 Å². The number of hydrogen-bond acceptors (Lipinski definition) is 2. The Labute approximate surface area is 102 Å². The molecule has 0 heterocycles. The van der Waals surface area contributed by atoms with Crippen molar-refractivity contribution in [2.75, 3.05) is 0 Å². The summed E-state index contributed by atoms with van der Waals surface area (Å²) in [7, 11) is 0. The monoisotopic (exact) mass is 258 g/mol. The minimum atomic E-state index is -1.17. The molecule has 0 radical (unpaired) electrons. The van der Waals surface area contributed by atoms with Gasteiger partial charge in [-0.15, -0.1) is 0 Å². The molecule has 0 aliphatic heterocycles. The molecule has 0 fully saturated rings. The third-order valence-electron chi connectivity index (χ3n) is 2.16. The van der Waals surface area contributed by atoms with Crippen LogP contribution in [0.2, 0.25) is 0 Å². The molecule has 0 unspecified atom stereocenters. The molecule has 7 heteroatoms. The fraction of sp³-hybridized carbons (Fsp3) is 0.273. The Morgan fingerprint density at radius 1 is 1.33 bits per heavy atom. The van der Waals surface area contributed by atoms with Gasteiger partial charge in [-0.25, -0.2) is 13.6 Å². The number of rotatable bonds is 4. The second-order valence-corrected chi connectivity index (χ2v) is 3.64. The Hall–Kier alpha value is -2.18. The fourth-order valence-electron chi connectivity index (χ4n) is 1.14. The average Bonchev–Trinajstić information content (AvgIpc) is 2.30. The molecule has 0 saturated carbocycles. The maximum absolute atomic E-state index is 12.8. The van der Waals surface area contributed by atoms with Crippen LogP contribution < -0.4 is 10.6 Å². The van der Waals surface area contributed by atoms with Gasteiger partial charge >= 0.3 is 12.0 Å². The second kappa shape index (κ2) is 5.95. The Morgan fingerprint density at radius 3 is 2.56 bits per heavy atom. The van der Waals surface area contributed by atoms with Crippen LogP contribution in [0.3, 0.4) is 0 Å². The highest BCUT2D eigenvalue weighted by Gasteiger charge is 2.13. The van der Waals surface area contributed by atoms with Crippen molar-refractivity contribution in [1.29, 1.82) is 0 Å². The lowest BCUT2D eigenvalue weighted by molar-refractivity contribution is -0.138. The van der Waals surface area contributed by atoms with E-state index in [4.69, 9.17) is 5.11 Å². The van der Waals surface area contributed by atoms with Crippen molar-refractivity contribution < 1.29 is 23.5 Å². The molecule has 0 aromatic heterocycles. The van der Waals surface area contributed by atoms with E-state index in [2.05, 4.69) is 10.6 Å². The first-order valence-corrected chi connectivity index (χ1v) is 5.11. The lowest BCUT2D eigenvalue weighted by atomic mass is 10.2. The maximum atomic E-state index is 12.8. The summed E-state index contributed by atoms with van der Waals surface area (Å²) in [5.74, 6) is -3.14. The molecule has 2 amide bonds. The molecule has 0 saturated heterocycles. The van der Waals surface area contributed by atoms with E-state index in [9.17, 15) is 18.4 Å². The van der Waals surface area contributed by atoms with Crippen molar-refractivity contribution in [2.45, 2.75) is 19.5 Å². The standard InChI is InChI=1S/C11H12F2N2O3/c1-6(10(16)17)15-11(18)14-5-7-2-3-8(12)9(13)4-7/h2-4,6H,5H2,1H3,(H,16,17)(H2,14,15,18)/t6-/m1/s1. The van der Waals surface area contributed by atoms with Crippen molar-refractivity contribution in [3.8, 4) is 0 Å². The van der Waals surface area contributed by atoms with Gasteiger partial charge in [-0.3, -0.25) is 4.79 Å². The first-order valence-electron chi connectivity index (χ1n) is 5.11. The normalized spacial score (nSPS) is 11.7. The second-order valence-electron chi connectivity index (χ2n) is 3.64. The number of aliphatic carboxylic acids is 1. The van der Waals surface area contributed by atoms with Crippen LogP contribution in [-0.2, 0) is 11.3 Å². The van der Waals surface area contributed by atoms with E-state index >= 15 is 0 Å². The van der Waals surface area contributed by atoms with Gasteiger partial charge in [-0.1, -0.05) is 6.07 Å². The van der Waals surface area contributed by atoms with Crippen LogP contribution in [0.5, 0.6) is 0 Å². The lowest BCUT2D eigenvalue weighted by Crippen LogP contribution is -2.44. The summed E-state index contributed by atoms with van der Waals surface area (Å²) in [6.45, 7) is 1.27. The summed E-state index contributed by atoms with van der Waals surface area (Å²) in [5, 5.41) is 13.0. The highest BCUT2D eigenvalue weighted by Crippen LogP contribution is 2.08. The van der Waals surface area contributed by atoms with Crippen LogP contribution in [0.15, 0.2) is 18.2 Å². The van der Waals surface area contributed by atoms with E-state index in [1.54, 1.807) is 0 Å². The Bertz CT molecular complexity index is 466. The number of halogens is 2. The van der Waals surface area contributed by atoms with Crippen molar-refractivity contribution >= 4 is 12.0 Å². The van der Waals surface area contributed by atoms with Crippen molar-refractivity contribution in [3.63, 3.8) is 0 Å². The van der Waals surface area contributed by atoms with Gasteiger partial charge in [0.15, 0.2) is 11.6 Å². The highest BCUT2D eigenvalue weighted by molar-refractivity contribution is 5.82. The summed E-state index contributed by atoms with van der Waals surface area (Å²) in [4.78, 5) is 21.7. The molecule has 1 atom stereocenters. The Kier molecular flexibility index (Phi) is 4.59. The molecule has 0 aliphatic carbocycles. The predicted octanol–water partition coefficient (Wildman–Crippen LogP) is 1.24. The largest absolute Gasteiger partial charge is 0.480 e. The zero-order valence-corrected chi connectivity index (χ0v) is 9.54. The number of carbonyl (C=O) groups excluding carboxylic acids is 1. The van der Waals surface area contributed by atoms with Gasteiger partial charge in [0, 0.05) is 6.54 Å². The van der Waals surface area contributed by atoms with Crippen LogP contribution in [0.1, 0.15) is 12.5 Å². The Morgan fingerprint density at radius 2 is 2.00 bits per heavy atom. The first kappa shape index (κ1) is 13.9. The van der Waals surface area contributed by atoms with Crippen LogP contribution in [0.4, 0.5) is 13.6 Å². The summed E-state index contributed by atoms with van der Waals surface area (Å²) in [6, 6.07) is 1.49.